The standard InChI is InChI=1S/C12H17NO2S2/c14-11(13-9-12(15)4-2-5-12)8-16-7-10-3-1-6-17-10/h1,3,6,15H,2,4-5,7-9H2,(H,13,14). The Hall–Kier alpha value is -0.520. The molecule has 0 saturated heterocycles. The number of rotatable bonds is 6. The Balaban J connectivity index is 1.58. The minimum absolute atomic E-state index is 0.0203. The van der Waals surface area contributed by atoms with Crippen LogP contribution < -0.4 is 5.32 Å². The Morgan fingerprint density at radius 1 is 1.59 bits per heavy atom. The minimum atomic E-state index is -0.617. The Morgan fingerprint density at radius 2 is 2.41 bits per heavy atom. The van der Waals surface area contributed by atoms with Crippen molar-refractivity contribution in [3.05, 3.63) is 22.4 Å². The van der Waals surface area contributed by atoms with Crippen LogP contribution in [0.15, 0.2) is 17.5 Å². The predicted octanol–water partition coefficient (Wildman–Crippen LogP) is 2.01. The van der Waals surface area contributed by atoms with Crippen molar-refractivity contribution in [3.8, 4) is 0 Å². The summed E-state index contributed by atoms with van der Waals surface area (Å²) in [6.07, 6.45) is 2.70. The number of carbonyl (C=O) groups is 1. The molecule has 0 aromatic carbocycles. The van der Waals surface area contributed by atoms with E-state index in [1.54, 1.807) is 23.1 Å². The summed E-state index contributed by atoms with van der Waals surface area (Å²) in [5.74, 6) is 1.37. The number of hydrogen-bond donors (Lipinski definition) is 2. The van der Waals surface area contributed by atoms with Gasteiger partial charge in [-0.3, -0.25) is 4.79 Å². The van der Waals surface area contributed by atoms with E-state index in [-0.39, 0.29) is 5.91 Å². The van der Waals surface area contributed by atoms with Crippen LogP contribution in [0.3, 0.4) is 0 Å². The van der Waals surface area contributed by atoms with E-state index >= 15 is 0 Å². The molecule has 0 atom stereocenters. The third-order valence-electron chi connectivity index (χ3n) is 2.96. The summed E-state index contributed by atoms with van der Waals surface area (Å²) in [7, 11) is 0. The number of amides is 1. The van der Waals surface area contributed by atoms with Crippen molar-refractivity contribution >= 4 is 29.0 Å². The monoisotopic (exact) mass is 271 g/mol. The fourth-order valence-corrected chi connectivity index (χ4v) is 3.41. The zero-order valence-corrected chi connectivity index (χ0v) is 11.3. The fraction of sp³-hybridized carbons (Fsp3) is 0.583. The van der Waals surface area contributed by atoms with Crippen LogP contribution in [0.5, 0.6) is 0 Å². The Labute approximate surface area is 110 Å². The highest BCUT2D eigenvalue weighted by atomic mass is 32.2. The van der Waals surface area contributed by atoms with Crippen LogP contribution >= 0.6 is 23.1 Å². The molecule has 5 heteroatoms. The summed E-state index contributed by atoms with van der Waals surface area (Å²) in [4.78, 5) is 12.8. The lowest BCUT2D eigenvalue weighted by molar-refractivity contribution is -0.121. The summed E-state index contributed by atoms with van der Waals surface area (Å²) < 4.78 is 0. The highest BCUT2D eigenvalue weighted by Crippen LogP contribution is 2.30. The lowest BCUT2D eigenvalue weighted by Gasteiger charge is -2.36. The summed E-state index contributed by atoms with van der Waals surface area (Å²) >= 11 is 3.32. The van der Waals surface area contributed by atoms with Gasteiger partial charge in [0.25, 0.3) is 0 Å². The van der Waals surface area contributed by atoms with Crippen molar-refractivity contribution in [1.29, 1.82) is 0 Å². The van der Waals surface area contributed by atoms with E-state index in [4.69, 9.17) is 0 Å². The van der Waals surface area contributed by atoms with Crippen molar-refractivity contribution in [1.82, 2.24) is 5.32 Å². The van der Waals surface area contributed by atoms with Gasteiger partial charge < -0.3 is 10.4 Å². The molecule has 1 aromatic rings. The zero-order chi connectivity index (χ0) is 12.1. The first-order valence-corrected chi connectivity index (χ1v) is 7.81. The number of thiophene rings is 1. The van der Waals surface area contributed by atoms with Crippen molar-refractivity contribution in [2.24, 2.45) is 0 Å². The third kappa shape index (κ3) is 4.01. The van der Waals surface area contributed by atoms with Crippen LogP contribution in [-0.2, 0) is 10.5 Å². The van der Waals surface area contributed by atoms with E-state index in [1.165, 1.54) is 4.88 Å². The Morgan fingerprint density at radius 3 is 3.00 bits per heavy atom. The Bertz CT molecular complexity index is 361. The van der Waals surface area contributed by atoms with E-state index in [1.807, 2.05) is 11.4 Å². The molecule has 0 unspecified atom stereocenters. The number of nitrogens with one attached hydrogen (secondary N) is 1. The minimum Gasteiger partial charge on any atom is -0.388 e. The lowest BCUT2D eigenvalue weighted by Crippen LogP contribution is -2.48. The molecule has 2 N–H and O–H groups in total. The molecule has 1 aliphatic rings. The molecular weight excluding hydrogens is 254 g/mol. The first-order valence-electron chi connectivity index (χ1n) is 5.77. The van der Waals surface area contributed by atoms with Gasteiger partial charge in [-0.25, -0.2) is 0 Å². The average molecular weight is 271 g/mol. The van der Waals surface area contributed by atoms with Gasteiger partial charge in [-0.1, -0.05) is 6.07 Å². The summed E-state index contributed by atoms with van der Waals surface area (Å²) in [5.41, 5.74) is -0.617. The van der Waals surface area contributed by atoms with Crippen molar-refractivity contribution in [2.75, 3.05) is 12.3 Å². The van der Waals surface area contributed by atoms with Gasteiger partial charge in [0.2, 0.25) is 5.91 Å². The van der Waals surface area contributed by atoms with E-state index in [0.717, 1.165) is 25.0 Å². The molecule has 1 fully saturated rings. The maximum absolute atomic E-state index is 11.5. The number of carbonyl (C=O) groups excluding carboxylic acids is 1. The van der Waals surface area contributed by atoms with E-state index < -0.39 is 5.60 Å². The van der Waals surface area contributed by atoms with Crippen LogP contribution in [0, 0.1) is 0 Å². The normalized spacial score (nSPS) is 17.5. The summed E-state index contributed by atoms with van der Waals surface area (Å²) in [6, 6.07) is 4.10. The average Bonchev–Trinajstić information content (AvgIpc) is 2.77. The van der Waals surface area contributed by atoms with Crippen molar-refractivity contribution in [2.45, 2.75) is 30.6 Å². The molecule has 1 aliphatic carbocycles. The molecule has 17 heavy (non-hydrogen) atoms. The van der Waals surface area contributed by atoms with Crippen LogP contribution in [0.1, 0.15) is 24.1 Å². The molecule has 1 aromatic heterocycles. The van der Waals surface area contributed by atoms with Crippen LogP contribution in [0.2, 0.25) is 0 Å². The van der Waals surface area contributed by atoms with Gasteiger partial charge in [-0.2, -0.15) is 0 Å². The summed E-state index contributed by atoms with van der Waals surface area (Å²) in [6.45, 7) is 0.408. The number of aliphatic hydroxyl groups is 1. The van der Waals surface area contributed by atoms with Gasteiger partial charge in [0.05, 0.1) is 11.4 Å². The maximum atomic E-state index is 11.5. The topological polar surface area (TPSA) is 49.3 Å². The van der Waals surface area contributed by atoms with Crippen molar-refractivity contribution < 1.29 is 9.90 Å². The zero-order valence-electron chi connectivity index (χ0n) is 9.65. The van der Waals surface area contributed by atoms with Gasteiger partial charge in [-0.15, -0.1) is 23.1 Å². The second kappa shape index (κ2) is 5.89. The van der Waals surface area contributed by atoms with Gasteiger partial charge >= 0.3 is 0 Å². The molecule has 94 valence electrons. The van der Waals surface area contributed by atoms with Gasteiger partial charge in [0.1, 0.15) is 0 Å². The molecular formula is C12H17NO2S2. The summed E-state index contributed by atoms with van der Waals surface area (Å²) in [5, 5.41) is 14.7. The lowest BCUT2D eigenvalue weighted by atomic mass is 9.80. The molecule has 1 amide bonds. The van der Waals surface area contributed by atoms with E-state index in [2.05, 4.69) is 11.4 Å². The number of thioether (sulfide) groups is 1. The highest BCUT2D eigenvalue weighted by Gasteiger charge is 2.34. The largest absolute Gasteiger partial charge is 0.388 e. The smallest absolute Gasteiger partial charge is 0.230 e. The van der Waals surface area contributed by atoms with Crippen LogP contribution in [0.4, 0.5) is 0 Å². The van der Waals surface area contributed by atoms with Gasteiger partial charge in [0, 0.05) is 17.2 Å². The molecule has 0 spiro atoms. The SMILES string of the molecule is O=C(CSCc1cccs1)NCC1(O)CCC1. The maximum Gasteiger partial charge on any atom is 0.230 e. The fourth-order valence-electron chi connectivity index (χ4n) is 1.71. The quantitative estimate of drug-likeness (QED) is 0.832. The molecule has 0 radical (unpaired) electrons. The van der Waals surface area contributed by atoms with Crippen LogP contribution in [-0.4, -0.2) is 28.9 Å². The first-order chi connectivity index (χ1) is 8.18. The molecule has 0 aliphatic heterocycles. The number of hydrogen-bond acceptors (Lipinski definition) is 4. The second-order valence-electron chi connectivity index (χ2n) is 4.43. The molecule has 2 rings (SSSR count). The first kappa shape index (κ1) is 12.9. The molecule has 0 bridgehead atoms. The second-order valence-corrected chi connectivity index (χ2v) is 6.44. The molecule has 1 heterocycles. The molecule has 3 nitrogen and oxygen atoms in total. The third-order valence-corrected chi connectivity index (χ3v) is 5.00. The highest BCUT2D eigenvalue weighted by molar-refractivity contribution is 7.99. The Kier molecular flexibility index (Phi) is 4.48. The predicted molar refractivity (Wildman–Crippen MR) is 72.3 cm³/mol. The van der Waals surface area contributed by atoms with Gasteiger partial charge in [0.15, 0.2) is 0 Å². The van der Waals surface area contributed by atoms with Gasteiger partial charge in [-0.05, 0) is 30.7 Å². The van der Waals surface area contributed by atoms with E-state index in [9.17, 15) is 9.90 Å². The van der Waals surface area contributed by atoms with Crippen molar-refractivity contribution in [3.63, 3.8) is 0 Å². The van der Waals surface area contributed by atoms with Crippen LogP contribution in [0.25, 0.3) is 0 Å². The van der Waals surface area contributed by atoms with E-state index in [0.29, 0.717) is 12.3 Å². The molecule has 1 saturated carbocycles.